The molecule has 0 N–H and O–H groups in total. The molecule has 3 heterocycles. The number of aromatic nitrogens is 4. The summed E-state index contributed by atoms with van der Waals surface area (Å²) in [7, 11) is 0. The number of hydrogen-bond acceptors (Lipinski definition) is 7. The molecule has 0 amide bonds. The summed E-state index contributed by atoms with van der Waals surface area (Å²) in [6.45, 7) is 5.91. The third kappa shape index (κ3) is 2.95. The first-order chi connectivity index (χ1) is 11.5. The Hall–Kier alpha value is -1.48. The van der Waals surface area contributed by atoms with E-state index in [1.165, 1.54) is 0 Å². The normalized spacial score (nSPS) is 31.3. The second-order valence-electron chi connectivity index (χ2n) is 6.46. The van der Waals surface area contributed by atoms with Crippen molar-refractivity contribution in [1.82, 2.24) is 20.2 Å². The van der Waals surface area contributed by atoms with E-state index in [2.05, 4.69) is 15.5 Å². The van der Waals surface area contributed by atoms with Gasteiger partial charge in [-0.05, 0) is 43.3 Å². The van der Waals surface area contributed by atoms with Crippen LogP contribution in [0, 0.1) is 0 Å². The molecule has 2 saturated heterocycles. The Morgan fingerprint density at radius 1 is 1.17 bits per heavy atom. The van der Waals surface area contributed by atoms with Crippen LogP contribution in [0.5, 0.6) is 0 Å². The minimum absolute atomic E-state index is 0.0179. The summed E-state index contributed by atoms with van der Waals surface area (Å²) < 4.78 is 19.7. The number of hydrogen-bond donors (Lipinski definition) is 0. The number of rotatable bonds is 4. The minimum Gasteiger partial charge on any atom is -0.369 e. The van der Waals surface area contributed by atoms with Crippen molar-refractivity contribution in [2.24, 2.45) is 0 Å². The number of ether oxygens (including phenoxy) is 3. The molecule has 24 heavy (non-hydrogen) atoms. The highest BCUT2D eigenvalue weighted by Crippen LogP contribution is 2.39. The average molecular weight is 348 g/mol. The van der Waals surface area contributed by atoms with Crippen molar-refractivity contribution in [2.45, 2.75) is 56.1 Å². The van der Waals surface area contributed by atoms with E-state index in [9.17, 15) is 0 Å². The summed E-state index contributed by atoms with van der Waals surface area (Å²) in [4.78, 5) is 0. The van der Waals surface area contributed by atoms with E-state index in [-0.39, 0.29) is 24.4 Å². The number of benzene rings is 1. The number of tetrazole rings is 1. The predicted octanol–water partition coefficient (Wildman–Crippen LogP) is 2.06. The Balaban J connectivity index is 1.46. The molecule has 2 fully saturated rings. The van der Waals surface area contributed by atoms with Gasteiger partial charge in [0.1, 0.15) is 12.2 Å². The summed E-state index contributed by atoms with van der Waals surface area (Å²) in [5.41, 5.74) is 0.935. The zero-order valence-electron chi connectivity index (χ0n) is 13.8. The first-order valence-corrected chi connectivity index (χ1v) is 9.00. The van der Waals surface area contributed by atoms with Crippen molar-refractivity contribution in [3.05, 3.63) is 30.3 Å². The largest absolute Gasteiger partial charge is 0.369 e. The van der Waals surface area contributed by atoms with E-state index in [1.54, 1.807) is 16.4 Å². The van der Waals surface area contributed by atoms with Gasteiger partial charge in [-0.3, -0.25) is 0 Å². The van der Waals surface area contributed by atoms with Crippen LogP contribution >= 0.6 is 11.8 Å². The first-order valence-electron chi connectivity index (χ1n) is 8.01. The molecular formula is C16H20N4O3S. The summed E-state index contributed by atoms with van der Waals surface area (Å²) in [6.07, 6.45) is -0.0931. The number of para-hydroxylation sites is 1. The molecular weight excluding hydrogens is 328 g/mol. The molecule has 1 aromatic carbocycles. The molecule has 1 aromatic heterocycles. The van der Waals surface area contributed by atoms with Crippen LogP contribution in [0.4, 0.5) is 0 Å². The molecule has 0 bridgehead atoms. The molecule has 2 aromatic rings. The van der Waals surface area contributed by atoms with Crippen LogP contribution in [0.2, 0.25) is 0 Å². The fraction of sp³-hybridized carbons (Fsp3) is 0.562. The van der Waals surface area contributed by atoms with Crippen LogP contribution in [-0.2, 0) is 14.2 Å². The lowest BCUT2D eigenvalue weighted by Crippen LogP contribution is -2.31. The molecule has 0 radical (unpaired) electrons. The highest BCUT2D eigenvalue weighted by Gasteiger charge is 2.53. The van der Waals surface area contributed by atoms with Gasteiger partial charge in [0.05, 0.1) is 17.9 Å². The lowest BCUT2D eigenvalue weighted by atomic mass is 10.1. The molecule has 0 spiro atoms. The molecule has 0 unspecified atom stereocenters. The summed E-state index contributed by atoms with van der Waals surface area (Å²) in [5, 5.41) is 12.7. The monoisotopic (exact) mass is 348 g/mol. The fourth-order valence-corrected chi connectivity index (χ4v) is 4.13. The molecule has 8 heteroatoms. The summed E-state index contributed by atoms with van der Waals surface area (Å²) >= 11 is 1.56. The van der Waals surface area contributed by atoms with E-state index in [1.807, 2.05) is 51.1 Å². The van der Waals surface area contributed by atoms with E-state index in [4.69, 9.17) is 14.2 Å². The molecule has 2 aliphatic rings. The summed E-state index contributed by atoms with van der Waals surface area (Å²) in [6, 6.07) is 9.84. The van der Waals surface area contributed by atoms with Crippen LogP contribution in [0.3, 0.4) is 0 Å². The third-order valence-corrected chi connectivity index (χ3v) is 5.21. The Morgan fingerprint density at radius 3 is 2.71 bits per heavy atom. The van der Waals surface area contributed by atoms with Crippen molar-refractivity contribution in [1.29, 1.82) is 0 Å². The minimum atomic E-state index is -0.554. The van der Waals surface area contributed by atoms with E-state index < -0.39 is 5.79 Å². The maximum absolute atomic E-state index is 6.02. The van der Waals surface area contributed by atoms with Crippen LogP contribution in [0.15, 0.2) is 35.5 Å². The number of fused-ring (bicyclic) bond motifs is 1. The smallest absolute Gasteiger partial charge is 0.214 e. The molecule has 7 nitrogen and oxygen atoms in total. The van der Waals surface area contributed by atoms with Crippen molar-refractivity contribution < 1.29 is 14.2 Å². The topological polar surface area (TPSA) is 71.3 Å². The molecule has 0 saturated carbocycles. The van der Waals surface area contributed by atoms with Crippen molar-refractivity contribution in [3.8, 4) is 5.69 Å². The van der Waals surface area contributed by atoms with Gasteiger partial charge < -0.3 is 14.2 Å². The van der Waals surface area contributed by atoms with Gasteiger partial charge in [-0.1, -0.05) is 30.0 Å². The van der Waals surface area contributed by atoms with Crippen molar-refractivity contribution in [3.63, 3.8) is 0 Å². The SMILES string of the molecule is C[C@@H]1O[C@H](CSc2nnnn2-c2ccccc2)[C@H]2OC(C)(C)O[C@H]21. The standard InChI is InChI=1S/C16H20N4O3S/c1-10-13-14(23-16(2,3)22-13)12(21-10)9-24-15-17-18-19-20(15)11-7-5-4-6-8-11/h4-8,10,12-14H,9H2,1-3H3/t10-,12+,13-,14+/m0/s1. The second kappa shape index (κ2) is 6.11. The van der Waals surface area contributed by atoms with Crippen LogP contribution in [0.1, 0.15) is 20.8 Å². The number of nitrogens with zero attached hydrogens (tertiary/aromatic N) is 4. The maximum atomic E-state index is 6.02. The van der Waals surface area contributed by atoms with Gasteiger partial charge in [-0.2, -0.15) is 4.68 Å². The maximum Gasteiger partial charge on any atom is 0.214 e. The van der Waals surface area contributed by atoms with Gasteiger partial charge in [0.25, 0.3) is 0 Å². The van der Waals surface area contributed by atoms with Gasteiger partial charge in [0.2, 0.25) is 5.16 Å². The predicted molar refractivity (Wildman–Crippen MR) is 88.0 cm³/mol. The molecule has 2 aliphatic heterocycles. The Labute approximate surface area is 144 Å². The highest BCUT2D eigenvalue weighted by atomic mass is 32.2. The van der Waals surface area contributed by atoms with Crippen LogP contribution in [-0.4, -0.2) is 56.2 Å². The van der Waals surface area contributed by atoms with Gasteiger partial charge >= 0.3 is 0 Å². The van der Waals surface area contributed by atoms with Gasteiger partial charge in [0.15, 0.2) is 5.79 Å². The lowest BCUT2D eigenvalue weighted by molar-refractivity contribution is -0.182. The quantitative estimate of drug-likeness (QED) is 0.783. The number of thioether (sulfide) groups is 1. The van der Waals surface area contributed by atoms with Crippen LogP contribution in [0.25, 0.3) is 5.69 Å². The first kappa shape index (κ1) is 16.0. The Kier molecular flexibility index (Phi) is 4.07. The Bertz CT molecular complexity index is 708. The zero-order chi connectivity index (χ0) is 16.7. The van der Waals surface area contributed by atoms with E-state index in [0.717, 1.165) is 10.8 Å². The van der Waals surface area contributed by atoms with Gasteiger partial charge in [-0.15, -0.1) is 5.10 Å². The van der Waals surface area contributed by atoms with Gasteiger partial charge in [0, 0.05) is 5.75 Å². The fourth-order valence-electron chi connectivity index (χ4n) is 3.19. The zero-order valence-corrected chi connectivity index (χ0v) is 14.6. The molecule has 4 rings (SSSR count). The van der Waals surface area contributed by atoms with Crippen LogP contribution < -0.4 is 0 Å². The Morgan fingerprint density at radius 2 is 1.92 bits per heavy atom. The van der Waals surface area contributed by atoms with E-state index >= 15 is 0 Å². The third-order valence-electron chi connectivity index (χ3n) is 4.20. The lowest BCUT2D eigenvalue weighted by Gasteiger charge is -2.22. The average Bonchev–Trinajstić information content (AvgIpc) is 3.22. The van der Waals surface area contributed by atoms with Gasteiger partial charge in [-0.25, -0.2) is 0 Å². The molecule has 4 atom stereocenters. The second-order valence-corrected chi connectivity index (χ2v) is 7.45. The van der Waals surface area contributed by atoms with Crippen molar-refractivity contribution >= 4 is 11.8 Å². The molecule has 0 aliphatic carbocycles. The summed E-state index contributed by atoms with van der Waals surface area (Å²) in [5.74, 6) is 0.153. The molecule has 128 valence electrons. The van der Waals surface area contributed by atoms with E-state index in [0.29, 0.717) is 5.75 Å². The van der Waals surface area contributed by atoms with Crippen molar-refractivity contribution in [2.75, 3.05) is 5.75 Å². The highest BCUT2D eigenvalue weighted by molar-refractivity contribution is 7.99.